The van der Waals surface area contributed by atoms with Crippen LogP contribution >= 0.6 is 0 Å². The van der Waals surface area contributed by atoms with Gasteiger partial charge in [-0.25, -0.2) is 0 Å². The number of carbonyl (C=O) groups is 4. The summed E-state index contributed by atoms with van der Waals surface area (Å²) in [5.74, 6) is -7.56. The number of fused-ring (bicyclic) bond motifs is 3. The Morgan fingerprint density at radius 3 is 2.23 bits per heavy atom. The average Bonchev–Trinajstić information content (AvgIpc) is 2.83. The van der Waals surface area contributed by atoms with Gasteiger partial charge in [-0.2, -0.15) is 0 Å². The molecule has 0 spiro atoms. The molecule has 4 N–H and O–H groups in total. The van der Waals surface area contributed by atoms with Gasteiger partial charge in [-0.15, -0.1) is 0 Å². The number of phenolic OH excluding ortho intramolecular Hbond substituents is 1. The highest BCUT2D eigenvalue weighted by Crippen LogP contribution is 2.71. The van der Waals surface area contributed by atoms with Crippen LogP contribution in [0.3, 0.4) is 0 Å². The Bertz CT molecular complexity index is 1370. The first kappa shape index (κ1) is 28.7. The molecule has 6 atom stereocenters. The largest absolute Gasteiger partial charge is 0.508 e. The van der Waals surface area contributed by atoms with Crippen molar-refractivity contribution in [3.63, 3.8) is 0 Å². The number of hydrogen-bond acceptors (Lipinski definition) is 8. The second-order valence-electron chi connectivity index (χ2n) is 12.2. The molecule has 0 radical (unpaired) electrons. The summed E-state index contributed by atoms with van der Waals surface area (Å²) in [4.78, 5) is 54.4. The lowest BCUT2D eigenvalue weighted by Gasteiger charge is -2.65. The Hall–Kier alpha value is -3.26. The minimum absolute atomic E-state index is 0.0409. The highest BCUT2D eigenvalue weighted by molar-refractivity contribution is 6.24. The van der Waals surface area contributed by atoms with Crippen LogP contribution in [0.25, 0.3) is 5.76 Å². The van der Waals surface area contributed by atoms with Crippen molar-refractivity contribution in [3.05, 3.63) is 46.2 Å². The number of aliphatic hydroxyl groups is 3. The molecule has 0 aliphatic heterocycles. The molecule has 1 saturated carbocycles. The zero-order valence-corrected chi connectivity index (χ0v) is 23.6. The van der Waals surface area contributed by atoms with Crippen molar-refractivity contribution in [2.75, 3.05) is 0 Å². The van der Waals surface area contributed by atoms with E-state index in [1.165, 1.54) is 6.07 Å². The van der Waals surface area contributed by atoms with Crippen molar-refractivity contribution in [3.8, 4) is 5.75 Å². The van der Waals surface area contributed by atoms with Gasteiger partial charge in [0, 0.05) is 35.2 Å². The SMILES string of the molecule is CCCC(=O)C[C@@H]1[C@]2(C)C(=C(O)c3c(O)cccc3[C@H]2C)C(=O)[C@@]2(O)C(O)=C(C(C)=O)C(=O)C(C(C)C)[C@@]12C. The first-order chi connectivity index (χ1) is 18.0. The van der Waals surface area contributed by atoms with E-state index in [2.05, 4.69) is 0 Å². The van der Waals surface area contributed by atoms with Crippen molar-refractivity contribution < 1.29 is 39.6 Å². The maximum Gasteiger partial charge on any atom is 0.203 e. The van der Waals surface area contributed by atoms with Gasteiger partial charge in [0.2, 0.25) is 5.78 Å². The number of rotatable bonds is 6. The number of Topliss-reactive ketones (excluding diaryl/α,β-unsaturated/α-hetero) is 4. The number of aromatic hydroxyl groups is 1. The summed E-state index contributed by atoms with van der Waals surface area (Å²) in [6, 6.07) is 4.73. The van der Waals surface area contributed by atoms with E-state index in [4.69, 9.17) is 0 Å². The topological polar surface area (TPSA) is 149 Å². The van der Waals surface area contributed by atoms with Crippen LogP contribution in [-0.2, 0) is 19.2 Å². The fraction of sp³-hybridized carbons (Fsp3) is 0.548. The Labute approximate surface area is 228 Å². The van der Waals surface area contributed by atoms with Crippen LogP contribution in [-0.4, -0.2) is 49.2 Å². The number of phenols is 1. The molecular formula is C31H38O8. The highest BCUT2D eigenvalue weighted by Gasteiger charge is 2.76. The molecular weight excluding hydrogens is 500 g/mol. The molecule has 1 aromatic carbocycles. The van der Waals surface area contributed by atoms with E-state index in [0.29, 0.717) is 12.0 Å². The van der Waals surface area contributed by atoms with Crippen LogP contribution < -0.4 is 0 Å². The fourth-order valence-corrected chi connectivity index (χ4v) is 8.12. The zero-order valence-electron chi connectivity index (χ0n) is 23.6. The van der Waals surface area contributed by atoms with E-state index in [0.717, 1.165) is 6.92 Å². The molecule has 0 saturated heterocycles. The second-order valence-corrected chi connectivity index (χ2v) is 12.2. The van der Waals surface area contributed by atoms with E-state index in [9.17, 15) is 39.6 Å². The van der Waals surface area contributed by atoms with Crippen molar-refractivity contribution in [2.24, 2.45) is 28.6 Å². The van der Waals surface area contributed by atoms with Gasteiger partial charge in [0.05, 0.1) is 5.56 Å². The Balaban J connectivity index is 2.21. The molecule has 3 aliphatic rings. The van der Waals surface area contributed by atoms with Crippen LogP contribution in [0, 0.1) is 28.6 Å². The number of ketones is 4. The Kier molecular flexibility index (Phi) is 6.74. The van der Waals surface area contributed by atoms with Gasteiger partial charge in [0.1, 0.15) is 28.6 Å². The summed E-state index contributed by atoms with van der Waals surface area (Å²) in [5, 5.41) is 46.2. The Morgan fingerprint density at radius 2 is 1.69 bits per heavy atom. The third kappa shape index (κ3) is 3.39. The zero-order chi connectivity index (χ0) is 29.4. The summed E-state index contributed by atoms with van der Waals surface area (Å²) in [5.41, 5.74) is -6.06. The average molecular weight is 539 g/mol. The first-order valence-electron chi connectivity index (χ1n) is 13.6. The molecule has 8 heteroatoms. The minimum atomic E-state index is -2.78. The van der Waals surface area contributed by atoms with E-state index < -0.39 is 74.5 Å². The van der Waals surface area contributed by atoms with Crippen LogP contribution in [0.4, 0.5) is 0 Å². The molecule has 0 aromatic heterocycles. The summed E-state index contributed by atoms with van der Waals surface area (Å²) in [6.07, 6.45) is 0.659. The molecule has 8 nitrogen and oxygen atoms in total. The number of benzene rings is 1. The monoisotopic (exact) mass is 538 g/mol. The second kappa shape index (κ2) is 9.15. The van der Waals surface area contributed by atoms with E-state index in [1.807, 2.05) is 13.8 Å². The quantitative estimate of drug-likeness (QED) is 0.380. The third-order valence-electron chi connectivity index (χ3n) is 9.97. The fourth-order valence-electron chi connectivity index (χ4n) is 8.12. The van der Waals surface area contributed by atoms with Crippen LogP contribution in [0.15, 0.2) is 35.1 Å². The van der Waals surface area contributed by atoms with Gasteiger partial charge in [-0.1, -0.05) is 53.7 Å². The van der Waals surface area contributed by atoms with Crippen molar-refractivity contribution >= 4 is 28.9 Å². The molecule has 210 valence electrons. The van der Waals surface area contributed by atoms with Gasteiger partial charge in [0.15, 0.2) is 17.2 Å². The van der Waals surface area contributed by atoms with Gasteiger partial charge in [-0.05, 0) is 42.7 Å². The lowest BCUT2D eigenvalue weighted by atomic mass is 9.37. The number of aliphatic hydroxyl groups excluding tert-OH is 2. The third-order valence-corrected chi connectivity index (χ3v) is 9.97. The highest BCUT2D eigenvalue weighted by atomic mass is 16.3. The molecule has 3 aliphatic carbocycles. The van der Waals surface area contributed by atoms with Crippen molar-refractivity contribution in [2.45, 2.75) is 79.2 Å². The number of hydrogen-bond donors (Lipinski definition) is 4. The molecule has 1 aromatic rings. The summed E-state index contributed by atoms with van der Waals surface area (Å²) < 4.78 is 0. The molecule has 0 heterocycles. The number of allylic oxidation sites excluding steroid dienone is 1. The standard InChI is InChI=1S/C31H38O8/c1-8-10-17(33)13-20-29(6)15(4)18-11-9-12-19(34)22(18)26(36)24(29)28(38)31(39)27(37)21(16(5)32)25(35)23(14(2)3)30(20,31)7/h9,11-12,14-15,20,23,34,36-37,39H,8,10,13H2,1-7H3/t15-,20-,23?,29-,30-,31+/m1/s1. The minimum Gasteiger partial charge on any atom is -0.508 e. The van der Waals surface area contributed by atoms with Gasteiger partial charge in [0.25, 0.3) is 0 Å². The molecule has 1 fully saturated rings. The van der Waals surface area contributed by atoms with Crippen molar-refractivity contribution in [1.82, 2.24) is 0 Å². The summed E-state index contributed by atoms with van der Waals surface area (Å²) in [6.45, 7) is 11.5. The lowest BCUT2D eigenvalue weighted by Crippen LogP contribution is -2.73. The van der Waals surface area contributed by atoms with Gasteiger partial charge in [-0.3, -0.25) is 19.2 Å². The number of carbonyl (C=O) groups excluding carboxylic acids is 4. The predicted octanol–water partition coefficient (Wildman–Crippen LogP) is 4.74. The summed E-state index contributed by atoms with van der Waals surface area (Å²) in [7, 11) is 0. The molecule has 0 bridgehead atoms. The smallest absolute Gasteiger partial charge is 0.203 e. The van der Waals surface area contributed by atoms with Gasteiger partial charge < -0.3 is 20.4 Å². The van der Waals surface area contributed by atoms with E-state index in [1.54, 1.807) is 39.8 Å². The molecule has 1 unspecified atom stereocenters. The predicted molar refractivity (Wildman–Crippen MR) is 144 cm³/mol. The molecule has 0 amide bonds. The Morgan fingerprint density at radius 1 is 1.08 bits per heavy atom. The van der Waals surface area contributed by atoms with Gasteiger partial charge >= 0.3 is 0 Å². The first-order valence-corrected chi connectivity index (χ1v) is 13.6. The van der Waals surface area contributed by atoms with Crippen LogP contribution in [0.2, 0.25) is 0 Å². The van der Waals surface area contributed by atoms with E-state index >= 15 is 0 Å². The van der Waals surface area contributed by atoms with Crippen LogP contribution in [0.1, 0.15) is 84.8 Å². The summed E-state index contributed by atoms with van der Waals surface area (Å²) >= 11 is 0. The normalized spacial score (nSPS) is 34.1. The van der Waals surface area contributed by atoms with Crippen LogP contribution in [0.5, 0.6) is 5.75 Å². The maximum absolute atomic E-state index is 14.6. The maximum atomic E-state index is 14.6. The van der Waals surface area contributed by atoms with Crippen molar-refractivity contribution in [1.29, 1.82) is 0 Å². The van der Waals surface area contributed by atoms with E-state index in [-0.39, 0.29) is 35.5 Å². The lowest BCUT2D eigenvalue weighted by molar-refractivity contribution is -0.199. The molecule has 39 heavy (non-hydrogen) atoms. The molecule has 4 rings (SSSR count).